The molecule has 2 aromatic rings. The van der Waals surface area contributed by atoms with Crippen molar-refractivity contribution in [3.05, 3.63) is 39.3 Å². The van der Waals surface area contributed by atoms with Crippen molar-refractivity contribution in [1.82, 2.24) is 14.7 Å². The van der Waals surface area contributed by atoms with E-state index in [-0.39, 0.29) is 6.61 Å². The molecule has 2 rings (SSSR count). The third-order valence-corrected chi connectivity index (χ3v) is 4.53. The third kappa shape index (κ3) is 3.69. The molecule has 0 aliphatic heterocycles. The number of nitrogens with zero attached hydrogens (tertiary/aromatic N) is 3. The number of aliphatic hydroxyl groups excluding tert-OH is 1. The first-order chi connectivity index (χ1) is 9.61. The van der Waals surface area contributed by atoms with Crippen molar-refractivity contribution in [2.24, 2.45) is 0 Å². The van der Waals surface area contributed by atoms with Crippen molar-refractivity contribution in [1.29, 1.82) is 0 Å². The fraction of sp³-hybridized carbons (Fsp3) is 0.533. The summed E-state index contributed by atoms with van der Waals surface area (Å²) in [6.45, 7) is 6.79. The van der Waals surface area contributed by atoms with Gasteiger partial charge in [-0.1, -0.05) is 6.07 Å². The normalized spacial score (nSPS) is 11.4. The largest absolute Gasteiger partial charge is 0.394 e. The molecule has 0 atom stereocenters. The summed E-state index contributed by atoms with van der Waals surface area (Å²) < 4.78 is 1.90. The van der Waals surface area contributed by atoms with Crippen LogP contribution in [-0.4, -0.2) is 40.0 Å². The molecule has 0 saturated heterocycles. The lowest BCUT2D eigenvalue weighted by molar-refractivity contribution is 0.267. The molecule has 4 nitrogen and oxygen atoms in total. The Balaban J connectivity index is 1.95. The summed E-state index contributed by atoms with van der Waals surface area (Å²) in [5.74, 6) is 0. The summed E-state index contributed by atoms with van der Waals surface area (Å²) in [5, 5.41) is 15.7. The van der Waals surface area contributed by atoms with Gasteiger partial charge in [-0.15, -0.1) is 11.3 Å². The fourth-order valence-corrected chi connectivity index (χ4v) is 3.08. The summed E-state index contributed by atoms with van der Waals surface area (Å²) in [7, 11) is 2.15. The van der Waals surface area contributed by atoms with Gasteiger partial charge in [0.1, 0.15) is 0 Å². The van der Waals surface area contributed by atoms with Crippen molar-refractivity contribution in [3.8, 4) is 0 Å². The number of rotatable bonds is 7. The maximum Gasteiger partial charge on any atom is 0.0644 e. The van der Waals surface area contributed by atoms with Crippen LogP contribution in [0.4, 0.5) is 0 Å². The number of aliphatic hydroxyl groups is 1. The number of hydrogen-bond donors (Lipinski definition) is 1. The molecule has 1 N–H and O–H groups in total. The Morgan fingerprint density at radius 3 is 2.85 bits per heavy atom. The van der Waals surface area contributed by atoms with E-state index in [1.807, 2.05) is 22.9 Å². The van der Waals surface area contributed by atoms with Crippen LogP contribution in [0.3, 0.4) is 0 Å². The van der Waals surface area contributed by atoms with Crippen molar-refractivity contribution in [2.45, 2.75) is 33.4 Å². The molecule has 5 heteroatoms. The zero-order valence-corrected chi connectivity index (χ0v) is 13.3. The molecule has 0 aliphatic carbocycles. The molecular weight excluding hydrogens is 270 g/mol. The smallest absolute Gasteiger partial charge is 0.0644 e. The number of thiophene rings is 1. The van der Waals surface area contributed by atoms with Crippen LogP contribution in [0.25, 0.3) is 0 Å². The molecule has 0 radical (unpaired) electrons. The van der Waals surface area contributed by atoms with Crippen molar-refractivity contribution in [3.63, 3.8) is 0 Å². The Morgan fingerprint density at radius 1 is 1.40 bits per heavy atom. The van der Waals surface area contributed by atoms with Crippen molar-refractivity contribution in [2.75, 3.05) is 20.2 Å². The summed E-state index contributed by atoms with van der Waals surface area (Å²) in [5.41, 5.74) is 3.52. The Bertz CT molecular complexity index is 534. The van der Waals surface area contributed by atoms with Crippen LogP contribution in [0.15, 0.2) is 17.5 Å². The molecule has 0 spiro atoms. The summed E-state index contributed by atoms with van der Waals surface area (Å²) in [4.78, 5) is 3.77. The molecule has 0 fully saturated rings. The summed E-state index contributed by atoms with van der Waals surface area (Å²) in [6.07, 6.45) is 1.09. The Kier molecular flexibility index (Phi) is 5.34. The van der Waals surface area contributed by atoms with Gasteiger partial charge in [-0.25, -0.2) is 0 Å². The molecule has 0 aromatic carbocycles. The lowest BCUT2D eigenvalue weighted by Gasteiger charge is -2.16. The number of hydrogen-bond acceptors (Lipinski definition) is 4. The average molecular weight is 293 g/mol. The van der Waals surface area contributed by atoms with Gasteiger partial charge in [0, 0.05) is 29.2 Å². The molecule has 0 saturated carbocycles. The van der Waals surface area contributed by atoms with E-state index in [2.05, 4.69) is 41.5 Å². The summed E-state index contributed by atoms with van der Waals surface area (Å²) >= 11 is 1.82. The minimum absolute atomic E-state index is 0.135. The van der Waals surface area contributed by atoms with Crippen LogP contribution in [-0.2, 0) is 19.5 Å². The van der Waals surface area contributed by atoms with Gasteiger partial charge >= 0.3 is 0 Å². The van der Waals surface area contributed by atoms with Crippen LogP contribution in [0.2, 0.25) is 0 Å². The van der Waals surface area contributed by atoms with Crippen LogP contribution >= 0.6 is 11.3 Å². The second-order valence-corrected chi connectivity index (χ2v) is 6.20. The molecule has 0 amide bonds. The number of aromatic nitrogens is 2. The van der Waals surface area contributed by atoms with Gasteiger partial charge in [-0.3, -0.25) is 4.68 Å². The van der Waals surface area contributed by atoms with Gasteiger partial charge in [-0.2, -0.15) is 5.10 Å². The lowest BCUT2D eigenvalue weighted by Crippen LogP contribution is -2.21. The highest BCUT2D eigenvalue weighted by Gasteiger charge is 2.13. The van der Waals surface area contributed by atoms with Crippen LogP contribution in [0, 0.1) is 13.8 Å². The van der Waals surface area contributed by atoms with E-state index in [1.54, 1.807) is 0 Å². The highest BCUT2D eigenvalue weighted by molar-refractivity contribution is 7.09. The zero-order chi connectivity index (χ0) is 14.5. The van der Waals surface area contributed by atoms with E-state index < -0.39 is 0 Å². The topological polar surface area (TPSA) is 41.3 Å². The zero-order valence-electron chi connectivity index (χ0n) is 12.5. The Labute approximate surface area is 124 Å². The van der Waals surface area contributed by atoms with Crippen LogP contribution in [0.5, 0.6) is 0 Å². The monoisotopic (exact) mass is 293 g/mol. The van der Waals surface area contributed by atoms with Gasteiger partial charge in [0.15, 0.2) is 0 Å². The van der Waals surface area contributed by atoms with E-state index in [0.717, 1.165) is 25.2 Å². The van der Waals surface area contributed by atoms with E-state index >= 15 is 0 Å². The molecular formula is C15H23N3OS. The van der Waals surface area contributed by atoms with Gasteiger partial charge in [0.25, 0.3) is 0 Å². The van der Waals surface area contributed by atoms with E-state index in [1.165, 1.54) is 16.1 Å². The minimum atomic E-state index is 0.135. The molecule has 110 valence electrons. The lowest BCUT2D eigenvalue weighted by atomic mass is 10.2. The second-order valence-electron chi connectivity index (χ2n) is 5.16. The molecule has 2 aromatic heterocycles. The number of aryl methyl sites for hydroxylation is 1. The van der Waals surface area contributed by atoms with E-state index in [4.69, 9.17) is 5.11 Å². The maximum atomic E-state index is 9.05. The van der Waals surface area contributed by atoms with Crippen LogP contribution in [0.1, 0.15) is 21.8 Å². The number of likely N-dealkylation sites (N-methyl/N-ethyl adjacent to an activating group) is 1. The second kappa shape index (κ2) is 7.02. The SMILES string of the molecule is Cc1nn(CCO)c(C)c1CN(C)CCc1cccs1. The molecule has 20 heavy (non-hydrogen) atoms. The standard InChI is InChI=1S/C15H23N3OS/c1-12-15(13(2)18(16-12)8-9-19)11-17(3)7-6-14-5-4-10-20-14/h4-5,10,19H,6-9,11H2,1-3H3. The van der Waals surface area contributed by atoms with Crippen molar-refractivity contribution >= 4 is 11.3 Å². The first kappa shape index (κ1) is 15.2. The first-order valence-electron chi connectivity index (χ1n) is 6.96. The quantitative estimate of drug-likeness (QED) is 0.851. The van der Waals surface area contributed by atoms with E-state index in [0.29, 0.717) is 6.54 Å². The van der Waals surface area contributed by atoms with Gasteiger partial charge in [-0.05, 0) is 38.8 Å². The predicted molar refractivity (Wildman–Crippen MR) is 83.1 cm³/mol. The van der Waals surface area contributed by atoms with E-state index in [9.17, 15) is 0 Å². The maximum absolute atomic E-state index is 9.05. The third-order valence-electron chi connectivity index (χ3n) is 3.59. The Hall–Kier alpha value is -1.17. The Morgan fingerprint density at radius 2 is 2.20 bits per heavy atom. The minimum Gasteiger partial charge on any atom is -0.394 e. The fourth-order valence-electron chi connectivity index (χ4n) is 2.38. The molecule has 2 heterocycles. The highest BCUT2D eigenvalue weighted by Crippen LogP contribution is 2.16. The van der Waals surface area contributed by atoms with Gasteiger partial charge in [0.2, 0.25) is 0 Å². The van der Waals surface area contributed by atoms with Gasteiger partial charge in [0.05, 0.1) is 18.8 Å². The van der Waals surface area contributed by atoms with Crippen LogP contribution < -0.4 is 0 Å². The van der Waals surface area contributed by atoms with Crippen molar-refractivity contribution < 1.29 is 5.11 Å². The average Bonchev–Trinajstić information content (AvgIpc) is 3.01. The van der Waals surface area contributed by atoms with Gasteiger partial charge < -0.3 is 10.0 Å². The molecule has 0 unspecified atom stereocenters. The molecule has 0 bridgehead atoms. The summed E-state index contributed by atoms with van der Waals surface area (Å²) in [6, 6.07) is 4.29. The first-order valence-corrected chi connectivity index (χ1v) is 7.84. The predicted octanol–water partition coefficient (Wildman–Crippen LogP) is 2.23. The molecule has 0 aliphatic rings. The highest BCUT2D eigenvalue weighted by atomic mass is 32.1.